The summed E-state index contributed by atoms with van der Waals surface area (Å²) in [6, 6.07) is 13.8. The summed E-state index contributed by atoms with van der Waals surface area (Å²) in [5.74, 6) is 0.741. The molecule has 29 heavy (non-hydrogen) atoms. The lowest BCUT2D eigenvalue weighted by atomic mass is 10.1. The number of sulfonamides is 1. The van der Waals surface area contributed by atoms with E-state index in [1.165, 1.54) is 0 Å². The predicted molar refractivity (Wildman–Crippen MR) is 114 cm³/mol. The SMILES string of the molecule is CS(=O)(=O)Nc1ccc(C(=O)N2CCN(CCOc3ccc(Cl)cc3)CC2)cc1. The van der Waals surface area contributed by atoms with Crippen LogP contribution in [0.25, 0.3) is 0 Å². The third kappa shape index (κ3) is 6.62. The number of benzene rings is 2. The van der Waals surface area contributed by atoms with Crippen molar-refractivity contribution in [1.82, 2.24) is 9.80 Å². The number of halogens is 1. The van der Waals surface area contributed by atoms with Gasteiger partial charge in [-0.25, -0.2) is 8.42 Å². The molecule has 2 aromatic carbocycles. The average Bonchev–Trinajstić information content (AvgIpc) is 2.69. The minimum Gasteiger partial charge on any atom is -0.492 e. The van der Waals surface area contributed by atoms with E-state index in [4.69, 9.17) is 16.3 Å². The Balaban J connectivity index is 1.43. The molecule has 1 heterocycles. The predicted octanol–water partition coefficient (Wildman–Crippen LogP) is 2.55. The summed E-state index contributed by atoms with van der Waals surface area (Å²) < 4.78 is 30.6. The fourth-order valence-corrected chi connectivity index (χ4v) is 3.77. The maximum absolute atomic E-state index is 12.7. The van der Waals surface area contributed by atoms with Crippen LogP contribution in [0.3, 0.4) is 0 Å². The molecule has 0 spiro atoms. The number of nitrogens with zero attached hydrogens (tertiary/aromatic N) is 2. The van der Waals surface area contributed by atoms with E-state index in [-0.39, 0.29) is 5.91 Å². The highest BCUT2D eigenvalue weighted by Crippen LogP contribution is 2.16. The van der Waals surface area contributed by atoms with Crippen LogP contribution < -0.4 is 9.46 Å². The van der Waals surface area contributed by atoms with E-state index in [2.05, 4.69) is 9.62 Å². The molecule has 0 aliphatic carbocycles. The number of carbonyl (C=O) groups is 1. The van der Waals surface area contributed by atoms with Gasteiger partial charge in [0.05, 0.1) is 6.26 Å². The van der Waals surface area contributed by atoms with Crippen LogP contribution in [0.2, 0.25) is 5.02 Å². The molecule has 3 rings (SSSR count). The zero-order valence-corrected chi connectivity index (χ0v) is 17.7. The van der Waals surface area contributed by atoms with Crippen LogP contribution in [-0.2, 0) is 10.0 Å². The first-order valence-electron chi connectivity index (χ1n) is 9.28. The summed E-state index contributed by atoms with van der Waals surface area (Å²) in [6.45, 7) is 4.21. The molecule has 7 nitrogen and oxygen atoms in total. The quantitative estimate of drug-likeness (QED) is 0.720. The van der Waals surface area contributed by atoms with Crippen molar-refractivity contribution in [2.24, 2.45) is 0 Å². The molecule has 1 aliphatic heterocycles. The van der Waals surface area contributed by atoms with Crippen molar-refractivity contribution >= 4 is 33.2 Å². The molecule has 0 radical (unpaired) electrons. The summed E-state index contributed by atoms with van der Waals surface area (Å²) in [4.78, 5) is 16.7. The maximum Gasteiger partial charge on any atom is 0.253 e. The molecular formula is C20H24ClN3O4S. The monoisotopic (exact) mass is 437 g/mol. The first kappa shape index (κ1) is 21.4. The van der Waals surface area contributed by atoms with Crippen LogP contribution in [0.5, 0.6) is 5.75 Å². The lowest BCUT2D eigenvalue weighted by Gasteiger charge is -2.34. The lowest BCUT2D eigenvalue weighted by Crippen LogP contribution is -2.49. The molecule has 1 fully saturated rings. The molecule has 1 N–H and O–H groups in total. The highest BCUT2D eigenvalue weighted by atomic mass is 35.5. The van der Waals surface area contributed by atoms with Crippen LogP contribution in [-0.4, -0.2) is 69.7 Å². The van der Waals surface area contributed by atoms with Gasteiger partial charge in [-0.1, -0.05) is 11.6 Å². The minimum atomic E-state index is -3.33. The van der Waals surface area contributed by atoms with Gasteiger partial charge < -0.3 is 9.64 Å². The molecule has 0 bridgehead atoms. The van der Waals surface area contributed by atoms with Gasteiger partial charge in [0.2, 0.25) is 10.0 Å². The fraction of sp³-hybridized carbons (Fsp3) is 0.350. The Labute approximate surface area is 176 Å². The molecule has 156 valence electrons. The summed E-state index contributed by atoms with van der Waals surface area (Å²) in [5.41, 5.74) is 0.984. The van der Waals surface area contributed by atoms with Gasteiger partial charge in [0, 0.05) is 49.0 Å². The number of anilines is 1. The maximum atomic E-state index is 12.7. The molecule has 1 saturated heterocycles. The van der Waals surface area contributed by atoms with E-state index in [9.17, 15) is 13.2 Å². The van der Waals surface area contributed by atoms with Crippen molar-refractivity contribution in [2.75, 3.05) is 50.3 Å². The van der Waals surface area contributed by atoms with Gasteiger partial charge in [-0.3, -0.25) is 14.4 Å². The van der Waals surface area contributed by atoms with Crippen LogP contribution in [0.4, 0.5) is 5.69 Å². The molecule has 2 aromatic rings. The molecule has 0 saturated carbocycles. The number of amides is 1. The van der Waals surface area contributed by atoms with Crippen LogP contribution in [0.15, 0.2) is 48.5 Å². The number of hydrogen-bond acceptors (Lipinski definition) is 5. The van der Waals surface area contributed by atoms with Crippen molar-refractivity contribution in [2.45, 2.75) is 0 Å². The third-order valence-electron chi connectivity index (χ3n) is 4.58. The van der Waals surface area contributed by atoms with Gasteiger partial charge in [0.15, 0.2) is 0 Å². The largest absolute Gasteiger partial charge is 0.492 e. The van der Waals surface area contributed by atoms with E-state index < -0.39 is 10.0 Å². The van der Waals surface area contributed by atoms with Gasteiger partial charge >= 0.3 is 0 Å². The summed E-state index contributed by atoms with van der Waals surface area (Å²) in [7, 11) is -3.33. The second-order valence-corrected chi connectivity index (χ2v) is 9.07. The van der Waals surface area contributed by atoms with E-state index in [1.54, 1.807) is 36.4 Å². The highest BCUT2D eigenvalue weighted by molar-refractivity contribution is 7.92. The first-order valence-corrected chi connectivity index (χ1v) is 11.5. The van der Waals surface area contributed by atoms with Crippen molar-refractivity contribution in [3.63, 3.8) is 0 Å². The summed E-state index contributed by atoms with van der Waals surface area (Å²) >= 11 is 5.86. The van der Waals surface area contributed by atoms with E-state index in [0.29, 0.717) is 36.0 Å². The van der Waals surface area contributed by atoms with E-state index in [1.807, 2.05) is 17.0 Å². The number of carbonyl (C=O) groups excluding carboxylic acids is 1. The number of nitrogens with one attached hydrogen (secondary N) is 1. The molecule has 1 amide bonds. The Kier molecular flexibility index (Phi) is 7.00. The molecule has 0 unspecified atom stereocenters. The van der Waals surface area contributed by atoms with Crippen molar-refractivity contribution in [3.8, 4) is 5.75 Å². The molecule has 0 atom stereocenters. The Morgan fingerprint density at radius 1 is 1.03 bits per heavy atom. The Morgan fingerprint density at radius 2 is 1.66 bits per heavy atom. The average molecular weight is 438 g/mol. The zero-order chi connectivity index (χ0) is 20.9. The Morgan fingerprint density at radius 3 is 2.24 bits per heavy atom. The smallest absolute Gasteiger partial charge is 0.253 e. The summed E-state index contributed by atoms with van der Waals surface area (Å²) in [6.07, 6.45) is 1.09. The third-order valence-corrected chi connectivity index (χ3v) is 5.44. The van der Waals surface area contributed by atoms with Crippen LogP contribution in [0.1, 0.15) is 10.4 Å². The Bertz CT molecular complexity index is 925. The topological polar surface area (TPSA) is 79.0 Å². The van der Waals surface area contributed by atoms with Crippen molar-refractivity contribution in [1.29, 1.82) is 0 Å². The molecule has 1 aliphatic rings. The standard InChI is InChI=1S/C20H24ClN3O4S/c1-29(26,27)22-18-6-2-16(3-7-18)20(25)24-12-10-23(11-13-24)14-15-28-19-8-4-17(21)5-9-19/h2-9,22H,10-15H2,1H3. The number of hydrogen-bond donors (Lipinski definition) is 1. The molecular weight excluding hydrogens is 414 g/mol. The van der Waals surface area contributed by atoms with Crippen molar-refractivity contribution in [3.05, 3.63) is 59.1 Å². The number of ether oxygens (including phenoxy) is 1. The Hall–Kier alpha value is -2.29. The molecule has 0 aromatic heterocycles. The van der Waals surface area contributed by atoms with E-state index >= 15 is 0 Å². The normalized spacial score (nSPS) is 15.2. The fourth-order valence-electron chi connectivity index (χ4n) is 3.08. The lowest BCUT2D eigenvalue weighted by molar-refractivity contribution is 0.0620. The van der Waals surface area contributed by atoms with Crippen molar-refractivity contribution < 1.29 is 17.9 Å². The van der Waals surface area contributed by atoms with E-state index in [0.717, 1.165) is 31.6 Å². The minimum absolute atomic E-state index is 0.0482. The number of piperazine rings is 1. The molecule has 9 heteroatoms. The van der Waals surface area contributed by atoms with Gasteiger partial charge in [-0.15, -0.1) is 0 Å². The highest BCUT2D eigenvalue weighted by Gasteiger charge is 2.22. The van der Waals surface area contributed by atoms with Gasteiger partial charge in [0.1, 0.15) is 12.4 Å². The zero-order valence-electron chi connectivity index (χ0n) is 16.2. The second-order valence-electron chi connectivity index (χ2n) is 6.89. The van der Waals surface area contributed by atoms with Gasteiger partial charge in [-0.2, -0.15) is 0 Å². The second kappa shape index (κ2) is 9.47. The van der Waals surface area contributed by atoms with Crippen LogP contribution in [0, 0.1) is 0 Å². The number of rotatable bonds is 7. The van der Waals surface area contributed by atoms with Gasteiger partial charge in [0.25, 0.3) is 5.91 Å². The first-order chi connectivity index (χ1) is 13.8. The van der Waals surface area contributed by atoms with Gasteiger partial charge in [-0.05, 0) is 48.5 Å². The van der Waals surface area contributed by atoms with Crippen LogP contribution >= 0.6 is 11.6 Å². The summed E-state index contributed by atoms with van der Waals surface area (Å²) in [5, 5.41) is 0.680.